The van der Waals surface area contributed by atoms with Crippen LogP contribution in [0.25, 0.3) is 11.2 Å². The maximum Gasteiger partial charge on any atom is 0.326 e. The number of nitrogens with one attached hydrogen (secondary N) is 5. The molecule has 23 nitrogen and oxygen atoms in total. The van der Waals surface area contributed by atoms with Crippen molar-refractivity contribution in [1.82, 2.24) is 50.6 Å². The third-order valence-electron chi connectivity index (χ3n) is 9.29. The van der Waals surface area contributed by atoms with Gasteiger partial charge in [0.15, 0.2) is 11.2 Å². The number of carboxylic acids is 3. The van der Waals surface area contributed by atoms with Crippen molar-refractivity contribution in [2.75, 3.05) is 76.5 Å². The molecule has 4 rings (SSSR count). The van der Waals surface area contributed by atoms with Gasteiger partial charge in [-0.25, -0.2) is 14.8 Å². The Bertz CT molecular complexity index is 2000. The van der Waals surface area contributed by atoms with E-state index in [2.05, 4.69) is 41.2 Å². The Kier molecular flexibility index (Phi) is 17.1. The van der Waals surface area contributed by atoms with Gasteiger partial charge in [0.25, 0.3) is 11.5 Å². The van der Waals surface area contributed by atoms with E-state index in [0.29, 0.717) is 56.9 Å². The minimum Gasteiger partial charge on any atom is -0.480 e. The molecule has 2 aromatic heterocycles. The summed E-state index contributed by atoms with van der Waals surface area (Å²) in [4.78, 5) is 116. The summed E-state index contributed by atoms with van der Waals surface area (Å²) in [5.41, 5.74) is 6.34. The van der Waals surface area contributed by atoms with Gasteiger partial charge in [0, 0.05) is 76.5 Å². The van der Waals surface area contributed by atoms with Crippen LogP contribution >= 0.6 is 0 Å². The first-order valence-corrected chi connectivity index (χ1v) is 18.7. The lowest BCUT2D eigenvalue weighted by Gasteiger charge is -2.29. The van der Waals surface area contributed by atoms with E-state index < -0.39 is 47.4 Å². The summed E-state index contributed by atoms with van der Waals surface area (Å²) in [6.45, 7) is 1.86. The van der Waals surface area contributed by atoms with Crippen LogP contribution in [-0.2, 0) is 35.3 Å². The number of carboxylic acid groups (broad SMARTS) is 3. The van der Waals surface area contributed by atoms with Crippen LogP contribution in [0, 0.1) is 0 Å². The summed E-state index contributed by atoms with van der Waals surface area (Å²) in [6, 6.07) is 4.11. The van der Waals surface area contributed by atoms with E-state index >= 15 is 0 Å². The molecule has 10 N–H and O–H groups in total. The van der Waals surface area contributed by atoms with Crippen molar-refractivity contribution in [3.8, 4) is 0 Å². The number of rotatable bonds is 21. The first-order valence-electron chi connectivity index (χ1n) is 18.7. The number of benzene rings is 1. The molecule has 59 heavy (non-hydrogen) atoms. The quantitative estimate of drug-likeness (QED) is 0.0397. The fourth-order valence-corrected chi connectivity index (χ4v) is 6.15. The number of nitrogen functional groups attached to an aromatic ring is 1. The molecule has 3 heterocycles. The number of nitrogens with zero attached hydrogens (tertiary/aromatic N) is 6. The lowest BCUT2D eigenvalue weighted by molar-refractivity contribution is -0.140. The number of aldehydes is 1. The van der Waals surface area contributed by atoms with E-state index in [0.717, 1.165) is 0 Å². The number of aromatic nitrogens is 4. The number of hydrogen-bond donors (Lipinski definition) is 9. The van der Waals surface area contributed by atoms with Crippen molar-refractivity contribution in [2.45, 2.75) is 44.3 Å². The molecule has 318 valence electrons. The van der Waals surface area contributed by atoms with E-state index in [-0.39, 0.29) is 87.0 Å². The lowest BCUT2D eigenvalue weighted by Crippen LogP contribution is -2.45. The van der Waals surface area contributed by atoms with Crippen LogP contribution in [0.1, 0.15) is 41.7 Å². The second kappa shape index (κ2) is 22.4. The zero-order chi connectivity index (χ0) is 42.9. The molecule has 1 aromatic carbocycles. The number of hydrogen-bond acceptors (Lipinski definition) is 16. The smallest absolute Gasteiger partial charge is 0.326 e. The fraction of sp³-hybridized carbons (Fsp3) is 0.472. The third-order valence-corrected chi connectivity index (χ3v) is 9.29. The van der Waals surface area contributed by atoms with Crippen molar-refractivity contribution in [2.24, 2.45) is 0 Å². The number of carbonyl (C=O) groups is 7. The van der Waals surface area contributed by atoms with Gasteiger partial charge in [-0.15, -0.1) is 0 Å². The molecule has 0 saturated carbocycles. The number of H-pyrrole nitrogens is 1. The Hall–Kier alpha value is -6.59. The Morgan fingerprint density at radius 2 is 1.41 bits per heavy atom. The van der Waals surface area contributed by atoms with E-state index in [1.165, 1.54) is 18.3 Å². The second-order valence-corrected chi connectivity index (χ2v) is 13.6. The van der Waals surface area contributed by atoms with Crippen LogP contribution in [0.15, 0.2) is 35.3 Å². The number of nitrogens with two attached hydrogens (primary N) is 1. The van der Waals surface area contributed by atoms with Gasteiger partial charge in [0.05, 0.1) is 37.6 Å². The summed E-state index contributed by atoms with van der Waals surface area (Å²) >= 11 is 0. The van der Waals surface area contributed by atoms with Crippen molar-refractivity contribution >= 4 is 64.7 Å². The van der Waals surface area contributed by atoms with Crippen molar-refractivity contribution in [3.05, 3.63) is 52.1 Å². The summed E-state index contributed by atoms with van der Waals surface area (Å²) in [5, 5.41) is 38.9. The van der Waals surface area contributed by atoms with Crippen LogP contribution < -0.4 is 32.6 Å². The highest BCUT2D eigenvalue weighted by Crippen LogP contribution is 2.13. The minimum absolute atomic E-state index is 0.0246. The first-order chi connectivity index (χ1) is 28.2. The van der Waals surface area contributed by atoms with Gasteiger partial charge < -0.3 is 47.1 Å². The van der Waals surface area contributed by atoms with E-state index in [1.807, 2.05) is 4.90 Å². The van der Waals surface area contributed by atoms with Crippen LogP contribution in [0.5, 0.6) is 0 Å². The van der Waals surface area contributed by atoms with Crippen LogP contribution in [-0.4, -0.2) is 169 Å². The highest BCUT2D eigenvalue weighted by Gasteiger charge is 2.25. The molecule has 1 saturated heterocycles. The number of anilines is 2. The van der Waals surface area contributed by atoms with Gasteiger partial charge >= 0.3 is 17.9 Å². The van der Waals surface area contributed by atoms with Gasteiger partial charge in [-0.05, 0) is 37.1 Å². The topological polar surface area (TPSA) is 336 Å². The van der Waals surface area contributed by atoms with Crippen molar-refractivity contribution < 1.29 is 48.9 Å². The lowest BCUT2D eigenvalue weighted by atomic mass is 10.1. The van der Waals surface area contributed by atoms with Gasteiger partial charge in [-0.1, -0.05) is 0 Å². The summed E-state index contributed by atoms with van der Waals surface area (Å²) < 4.78 is 0. The van der Waals surface area contributed by atoms with E-state index in [9.17, 15) is 53.7 Å². The SMILES string of the molecule is Nc1nc2ncc(CNc3ccc(C(=O)N[C@@H](CCC(=O)NCCNC(=O)CCC(C=O)N4CCN(CC(=O)O)CCN(CC(=O)O)CC4)C(=O)O)cc3)nc2c(=O)[nH]1. The molecule has 3 aromatic rings. The maximum atomic E-state index is 12.8. The molecule has 0 spiro atoms. The Labute approximate surface area is 336 Å². The predicted octanol–water partition coefficient (Wildman–Crippen LogP) is -2.46. The van der Waals surface area contributed by atoms with Gasteiger partial charge in [0.1, 0.15) is 12.3 Å². The molecular weight excluding hydrogens is 776 g/mol. The van der Waals surface area contributed by atoms with Crippen molar-refractivity contribution in [3.63, 3.8) is 0 Å². The highest BCUT2D eigenvalue weighted by atomic mass is 16.4. The number of amides is 3. The third kappa shape index (κ3) is 15.0. The number of aliphatic carboxylic acids is 3. The monoisotopic (exact) mass is 824 g/mol. The predicted molar refractivity (Wildman–Crippen MR) is 209 cm³/mol. The largest absolute Gasteiger partial charge is 0.480 e. The average molecular weight is 825 g/mol. The van der Waals surface area contributed by atoms with Crippen LogP contribution in [0.3, 0.4) is 0 Å². The molecule has 23 heteroatoms. The fourth-order valence-electron chi connectivity index (χ4n) is 6.15. The summed E-state index contributed by atoms with van der Waals surface area (Å²) in [7, 11) is 0. The van der Waals surface area contributed by atoms with Gasteiger partial charge in [-0.2, -0.15) is 4.98 Å². The zero-order valence-corrected chi connectivity index (χ0v) is 32.1. The highest BCUT2D eigenvalue weighted by molar-refractivity contribution is 5.97. The number of carbonyl (C=O) groups excluding carboxylic acids is 4. The number of aromatic amines is 1. The Morgan fingerprint density at radius 1 is 0.831 bits per heavy atom. The zero-order valence-electron chi connectivity index (χ0n) is 32.1. The molecule has 2 atom stereocenters. The van der Waals surface area contributed by atoms with E-state index in [4.69, 9.17) is 5.73 Å². The average Bonchev–Trinajstić information content (AvgIpc) is 3.28. The minimum atomic E-state index is -1.37. The molecule has 0 radical (unpaired) electrons. The van der Waals surface area contributed by atoms with Crippen LogP contribution in [0.2, 0.25) is 0 Å². The molecule has 0 aliphatic carbocycles. The summed E-state index contributed by atoms with van der Waals surface area (Å²) in [6.07, 6.45) is 1.84. The van der Waals surface area contributed by atoms with Crippen molar-refractivity contribution in [1.29, 1.82) is 0 Å². The van der Waals surface area contributed by atoms with Gasteiger partial charge in [-0.3, -0.25) is 48.5 Å². The molecule has 1 aliphatic heterocycles. The molecule has 3 amide bonds. The Balaban J connectivity index is 1.15. The second-order valence-electron chi connectivity index (χ2n) is 13.6. The first kappa shape index (κ1) is 45.1. The van der Waals surface area contributed by atoms with Gasteiger partial charge in [0.2, 0.25) is 17.8 Å². The van der Waals surface area contributed by atoms with Crippen LogP contribution in [0.4, 0.5) is 11.6 Å². The maximum absolute atomic E-state index is 12.8. The number of fused-ring (bicyclic) bond motifs is 1. The molecule has 1 aliphatic rings. The normalized spacial score (nSPS) is 15.1. The summed E-state index contributed by atoms with van der Waals surface area (Å²) in [5.74, 6) is -5.01. The Morgan fingerprint density at radius 3 is 1.97 bits per heavy atom. The molecule has 1 unspecified atom stereocenters. The van der Waals surface area contributed by atoms with E-state index in [1.54, 1.807) is 21.9 Å². The molecule has 0 bridgehead atoms. The standard InChI is InChI=1S/C36H48N12O11/c37-36-44-32-31(34(57)45-36)42-24(18-41-32)17-40-23-3-1-22(2-4-23)33(56)43-26(35(58)59)6-8-28(51)39-10-9-38-27(50)7-5-25(21-49)48-15-13-46(19-29(52)53)11-12-47(14-16-48)20-30(54)55/h1-4,18,21,25-26,40H,5-17,19-20H2,(H,38,50)(H,39,51)(H,43,56)(H,52,53)(H,54,55)(H,58,59)(H3,37,41,44,45,57)/t25?,26-/m0/s1. The molecular formula is C36H48N12O11. The molecule has 1 fully saturated rings.